The molecule has 3 rings (SSSR count). The fourth-order valence-electron chi connectivity index (χ4n) is 2.95. The molecule has 22 heavy (non-hydrogen) atoms. The topological polar surface area (TPSA) is 55.4 Å². The van der Waals surface area contributed by atoms with Gasteiger partial charge in [0, 0.05) is 18.9 Å². The summed E-state index contributed by atoms with van der Waals surface area (Å²) in [6.45, 7) is 0.646. The molecule has 1 aromatic rings. The highest BCUT2D eigenvalue weighted by Gasteiger charge is 2.36. The van der Waals surface area contributed by atoms with Crippen molar-refractivity contribution in [3.05, 3.63) is 23.8 Å². The number of nitrogens with one attached hydrogen (secondary N) is 1. The number of sulfonamides is 1. The van der Waals surface area contributed by atoms with E-state index in [1.54, 1.807) is 12.1 Å². The van der Waals surface area contributed by atoms with Gasteiger partial charge in [-0.2, -0.15) is 0 Å². The standard InChI is InChI=1S/C15H19F2NO3S/c16-15(17)7-5-12(6-8-15)18-22(19,20)13-3-4-14-11(10-13)2-1-9-21-14/h3-4,10,12,18H,1-2,5-9H2. The molecular weight excluding hydrogens is 312 g/mol. The zero-order valence-corrected chi connectivity index (χ0v) is 13.0. The van der Waals surface area contributed by atoms with Crippen molar-refractivity contribution >= 4 is 10.0 Å². The van der Waals surface area contributed by atoms with Gasteiger partial charge in [0.2, 0.25) is 15.9 Å². The molecule has 4 nitrogen and oxygen atoms in total. The maximum atomic E-state index is 13.1. The Kier molecular flexibility index (Phi) is 4.11. The summed E-state index contributed by atoms with van der Waals surface area (Å²) in [5.74, 6) is -1.94. The molecule has 0 aromatic heterocycles. The second kappa shape index (κ2) is 5.77. The molecule has 122 valence electrons. The summed E-state index contributed by atoms with van der Waals surface area (Å²) in [4.78, 5) is 0.175. The van der Waals surface area contributed by atoms with Crippen LogP contribution in [-0.2, 0) is 16.4 Å². The van der Waals surface area contributed by atoms with Crippen LogP contribution in [0.1, 0.15) is 37.7 Å². The molecule has 1 fully saturated rings. The lowest BCUT2D eigenvalue weighted by atomic mass is 9.93. The van der Waals surface area contributed by atoms with Gasteiger partial charge in [0.1, 0.15) is 5.75 Å². The molecule has 1 saturated carbocycles. The van der Waals surface area contributed by atoms with E-state index in [-0.39, 0.29) is 30.6 Å². The molecule has 2 aliphatic rings. The van der Waals surface area contributed by atoms with E-state index >= 15 is 0 Å². The van der Waals surface area contributed by atoms with Crippen molar-refractivity contribution in [2.75, 3.05) is 6.61 Å². The zero-order valence-electron chi connectivity index (χ0n) is 12.1. The van der Waals surface area contributed by atoms with Crippen LogP contribution in [0, 0.1) is 0 Å². The number of benzene rings is 1. The maximum Gasteiger partial charge on any atom is 0.248 e. The number of aryl methyl sites for hydroxylation is 1. The lowest BCUT2D eigenvalue weighted by molar-refractivity contribution is -0.0387. The van der Waals surface area contributed by atoms with Crippen molar-refractivity contribution in [2.45, 2.75) is 55.4 Å². The van der Waals surface area contributed by atoms with E-state index in [9.17, 15) is 17.2 Å². The summed E-state index contributed by atoms with van der Waals surface area (Å²) in [5.41, 5.74) is 0.879. The van der Waals surface area contributed by atoms with Crippen LogP contribution in [0.2, 0.25) is 0 Å². The average Bonchev–Trinajstić information content (AvgIpc) is 2.49. The number of rotatable bonds is 3. The number of ether oxygens (including phenoxy) is 1. The van der Waals surface area contributed by atoms with Gasteiger partial charge in [0.15, 0.2) is 0 Å². The maximum absolute atomic E-state index is 13.1. The lowest BCUT2D eigenvalue weighted by Gasteiger charge is -2.28. The van der Waals surface area contributed by atoms with Crippen molar-refractivity contribution in [2.24, 2.45) is 0 Å². The van der Waals surface area contributed by atoms with Crippen molar-refractivity contribution in [3.8, 4) is 5.75 Å². The smallest absolute Gasteiger partial charge is 0.248 e. The third kappa shape index (κ3) is 3.41. The van der Waals surface area contributed by atoms with Gasteiger partial charge in [-0.1, -0.05) is 0 Å². The van der Waals surface area contributed by atoms with E-state index < -0.39 is 22.0 Å². The van der Waals surface area contributed by atoms with E-state index in [1.807, 2.05) is 0 Å². The zero-order chi connectivity index (χ0) is 15.8. The third-order valence-electron chi connectivity index (χ3n) is 4.23. The van der Waals surface area contributed by atoms with Crippen molar-refractivity contribution in [3.63, 3.8) is 0 Å². The SMILES string of the molecule is O=S(=O)(NC1CCC(F)(F)CC1)c1ccc2c(c1)CCCO2. The summed E-state index contributed by atoms with van der Waals surface area (Å²) in [6, 6.07) is 4.37. The quantitative estimate of drug-likeness (QED) is 0.926. The summed E-state index contributed by atoms with van der Waals surface area (Å²) < 4.78 is 59.1. The molecule has 7 heteroatoms. The van der Waals surface area contributed by atoms with Gasteiger partial charge in [-0.05, 0) is 49.4 Å². The Hall–Kier alpha value is -1.21. The molecule has 0 atom stereocenters. The van der Waals surface area contributed by atoms with E-state index in [4.69, 9.17) is 4.74 Å². The first-order valence-electron chi connectivity index (χ1n) is 7.52. The van der Waals surface area contributed by atoms with Crippen molar-refractivity contribution in [1.29, 1.82) is 0 Å². The highest BCUT2D eigenvalue weighted by atomic mass is 32.2. The molecule has 1 heterocycles. The summed E-state index contributed by atoms with van der Waals surface area (Å²) in [5, 5.41) is 0. The minimum absolute atomic E-state index is 0.167. The minimum Gasteiger partial charge on any atom is -0.493 e. The molecule has 0 bridgehead atoms. The van der Waals surface area contributed by atoms with Crippen LogP contribution in [0.25, 0.3) is 0 Å². The van der Waals surface area contributed by atoms with Gasteiger partial charge in [0.05, 0.1) is 11.5 Å². The Balaban J connectivity index is 1.73. The second-order valence-electron chi connectivity index (χ2n) is 5.97. The Morgan fingerprint density at radius 3 is 2.68 bits per heavy atom. The predicted molar refractivity (Wildman–Crippen MR) is 77.8 cm³/mol. The molecule has 1 aliphatic carbocycles. The summed E-state index contributed by atoms with van der Waals surface area (Å²) >= 11 is 0. The molecule has 0 saturated heterocycles. The van der Waals surface area contributed by atoms with Crippen LogP contribution < -0.4 is 9.46 Å². The molecule has 0 radical (unpaired) electrons. The second-order valence-corrected chi connectivity index (χ2v) is 7.69. The molecule has 0 amide bonds. The number of hydrogen-bond donors (Lipinski definition) is 1. The van der Waals surface area contributed by atoms with Crippen LogP contribution in [0.5, 0.6) is 5.75 Å². The summed E-state index contributed by atoms with van der Waals surface area (Å²) in [6.07, 6.45) is 1.45. The van der Waals surface area contributed by atoms with Gasteiger partial charge in [-0.25, -0.2) is 21.9 Å². The van der Waals surface area contributed by atoms with E-state index in [0.717, 1.165) is 24.2 Å². The third-order valence-corrected chi connectivity index (χ3v) is 5.75. The number of halogens is 2. The lowest BCUT2D eigenvalue weighted by Crippen LogP contribution is -2.40. The highest BCUT2D eigenvalue weighted by Crippen LogP contribution is 2.34. The Bertz CT molecular complexity index is 651. The fourth-order valence-corrected chi connectivity index (χ4v) is 4.30. The van der Waals surface area contributed by atoms with Crippen molar-refractivity contribution < 1.29 is 21.9 Å². The van der Waals surface area contributed by atoms with Crippen molar-refractivity contribution in [1.82, 2.24) is 4.72 Å². The Morgan fingerprint density at radius 1 is 1.23 bits per heavy atom. The first kappa shape index (κ1) is 15.7. The minimum atomic E-state index is -3.68. The molecule has 1 aliphatic heterocycles. The number of hydrogen-bond acceptors (Lipinski definition) is 3. The monoisotopic (exact) mass is 331 g/mol. The highest BCUT2D eigenvalue weighted by molar-refractivity contribution is 7.89. The summed E-state index contributed by atoms with van der Waals surface area (Å²) in [7, 11) is -3.68. The van der Waals surface area contributed by atoms with Gasteiger partial charge in [-0.15, -0.1) is 0 Å². The van der Waals surface area contributed by atoms with Gasteiger partial charge >= 0.3 is 0 Å². The largest absolute Gasteiger partial charge is 0.493 e. The van der Waals surface area contributed by atoms with Crippen LogP contribution >= 0.6 is 0 Å². The van der Waals surface area contributed by atoms with Gasteiger partial charge < -0.3 is 4.74 Å². The van der Waals surface area contributed by atoms with Crippen LogP contribution in [0.4, 0.5) is 8.78 Å². The van der Waals surface area contributed by atoms with Crippen LogP contribution in [-0.4, -0.2) is 27.0 Å². The first-order chi connectivity index (χ1) is 10.4. The van der Waals surface area contributed by atoms with Gasteiger partial charge in [-0.3, -0.25) is 0 Å². The number of alkyl halides is 2. The van der Waals surface area contributed by atoms with Crippen LogP contribution in [0.3, 0.4) is 0 Å². The molecule has 0 spiro atoms. The van der Waals surface area contributed by atoms with Crippen LogP contribution in [0.15, 0.2) is 23.1 Å². The Morgan fingerprint density at radius 2 is 1.95 bits per heavy atom. The fraction of sp³-hybridized carbons (Fsp3) is 0.600. The first-order valence-corrected chi connectivity index (χ1v) is 9.00. The molecule has 1 N–H and O–H groups in total. The van der Waals surface area contributed by atoms with Gasteiger partial charge in [0.25, 0.3) is 0 Å². The average molecular weight is 331 g/mol. The number of fused-ring (bicyclic) bond motifs is 1. The van der Waals surface area contributed by atoms with E-state index in [1.165, 1.54) is 6.07 Å². The van der Waals surface area contributed by atoms with E-state index in [2.05, 4.69) is 4.72 Å². The molecular formula is C15H19F2NO3S. The molecule has 0 unspecified atom stereocenters. The predicted octanol–water partition coefficient (Wildman–Crippen LogP) is 2.87. The van der Waals surface area contributed by atoms with E-state index in [0.29, 0.717) is 6.61 Å². The Labute approximate surface area is 128 Å². The molecule has 1 aromatic carbocycles. The normalized spacial score (nSPS) is 21.9.